The normalized spacial score (nSPS) is 12.2. The Kier molecular flexibility index (Phi) is 3.46. The largest absolute Gasteiger partial charge is 0.103 e. The first-order chi connectivity index (χ1) is 2.81. The van der Waals surface area contributed by atoms with Crippen molar-refractivity contribution in [3.8, 4) is 0 Å². The van der Waals surface area contributed by atoms with Gasteiger partial charge < -0.3 is 0 Å². The summed E-state index contributed by atoms with van der Waals surface area (Å²) >= 11 is 0. The third kappa shape index (κ3) is 2.41. The fourth-order valence-electron chi connectivity index (χ4n) is 0.183. The third-order valence-electron chi connectivity index (χ3n) is 0.940. The van der Waals surface area contributed by atoms with E-state index in [1.165, 1.54) is 6.16 Å². The Labute approximate surface area is 41.0 Å². The van der Waals surface area contributed by atoms with Crippen molar-refractivity contribution < 1.29 is 0 Å². The zero-order valence-corrected chi connectivity index (χ0v) is 5.63. The van der Waals surface area contributed by atoms with Gasteiger partial charge in [0, 0.05) is 0 Å². The Hall–Kier alpha value is 0.170. The minimum Gasteiger partial charge on any atom is -0.0243 e. The van der Waals surface area contributed by atoms with Crippen LogP contribution in [0.1, 0.15) is 13.8 Å². The average molecular weight is 103 g/mol. The van der Waals surface area contributed by atoms with Crippen LogP contribution in [0.5, 0.6) is 0 Å². The molecule has 0 nitrogen and oxygen atoms in total. The fraction of sp³-hybridized carbons (Fsp3) is 0.800. The summed E-state index contributed by atoms with van der Waals surface area (Å²) < 4.78 is 0. The van der Waals surface area contributed by atoms with Crippen LogP contribution < -0.4 is 0 Å². The van der Waals surface area contributed by atoms with Crippen LogP contribution in [0.3, 0.4) is 0 Å². The first kappa shape index (κ1) is 6.17. The topological polar surface area (TPSA) is 0 Å². The van der Waals surface area contributed by atoms with E-state index in [0.717, 1.165) is 0 Å². The number of hydrogen-bond donors (Lipinski definition) is 0. The van der Waals surface area contributed by atoms with Crippen LogP contribution in [0.15, 0.2) is 0 Å². The van der Waals surface area contributed by atoms with Crippen LogP contribution in [0.25, 0.3) is 0 Å². The zero-order chi connectivity index (χ0) is 4.99. The van der Waals surface area contributed by atoms with Gasteiger partial charge in [0.15, 0.2) is 0 Å². The van der Waals surface area contributed by atoms with Gasteiger partial charge in [-0.25, -0.2) is 0 Å². The highest BCUT2D eigenvalue weighted by atomic mass is 31.1. The molecule has 0 fully saturated rings. The van der Waals surface area contributed by atoms with Gasteiger partial charge >= 0.3 is 0 Å². The number of rotatable bonds is 1. The summed E-state index contributed by atoms with van der Waals surface area (Å²) in [4.78, 5) is 0. The average Bonchev–Trinajstić information content (AvgIpc) is 1.65. The van der Waals surface area contributed by atoms with E-state index in [-0.39, 0.29) is 0 Å². The highest BCUT2D eigenvalue weighted by Crippen LogP contribution is 2.11. The van der Waals surface area contributed by atoms with Gasteiger partial charge in [-0.1, -0.05) is 0 Å². The van der Waals surface area contributed by atoms with Crippen molar-refractivity contribution in [1.29, 1.82) is 0 Å². The second kappa shape index (κ2) is 3.36. The molecule has 1 unspecified atom stereocenters. The Balaban J connectivity index is 3.22. The van der Waals surface area contributed by atoms with E-state index in [0.29, 0.717) is 7.55 Å². The highest BCUT2D eigenvalue weighted by molar-refractivity contribution is 7.56. The molecule has 0 saturated heterocycles. The smallest absolute Gasteiger partial charge is 0.0243 e. The second-order valence-electron chi connectivity index (χ2n) is 1.33. The van der Waals surface area contributed by atoms with E-state index in [2.05, 4.69) is 26.3 Å². The molecule has 0 radical (unpaired) electrons. The van der Waals surface area contributed by atoms with Crippen LogP contribution >= 0.6 is 7.55 Å². The van der Waals surface area contributed by atoms with Gasteiger partial charge in [0.05, 0.1) is 20.0 Å². The van der Waals surface area contributed by atoms with E-state index >= 15 is 0 Å². The SMILES string of the molecule is CC=[P+](C)CC. The van der Waals surface area contributed by atoms with Crippen LogP contribution in [-0.4, -0.2) is 18.6 Å². The Morgan fingerprint density at radius 3 is 2.17 bits per heavy atom. The summed E-state index contributed by atoms with van der Waals surface area (Å²) in [5.41, 5.74) is 0. The molecule has 6 heavy (non-hydrogen) atoms. The molecule has 0 aromatic heterocycles. The number of hydrogen-bond acceptors (Lipinski definition) is 0. The molecule has 0 N–H and O–H groups in total. The van der Waals surface area contributed by atoms with E-state index in [1.54, 1.807) is 0 Å². The fourth-order valence-corrected chi connectivity index (χ4v) is 0.548. The summed E-state index contributed by atoms with van der Waals surface area (Å²) in [6, 6.07) is 0. The monoisotopic (exact) mass is 103 g/mol. The molecule has 0 amide bonds. The van der Waals surface area contributed by atoms with Gasteiger partial charge in [-0.2, -0.15) is 0 Å². The Morgan fingerprint density at radius 1 is 1.67 bits per heavy atom. The molecule has 0 heterocycles. The summed E-state index contributed by atoms with van der Waals surface area (Å²) in [6.07, 6.45) is 1.34. The predicted molar refractivity (Wildman–Crippen MR) is 35.1 cm³/mol. The summed E-state index contributed by atoms with van der Waals surface area (Å²) in [7, 11) is 0.299. The first-order valence-electron chi connectivity index (χ1n) is 2.31. The van der Waals surface area contributed by atoms with Crippen LogP contribution in [0, 0.1) is 0 Å². The molecular weight excluding hydrogens is 91.0 g/mol. The molecule has 36 valence electrons. The van der Waals surface area contributed by atoms with Crippen LogP contribution in [0.2, 0.25) is 0 Å². The van der Waals surface area contributed by atoms with Gasteiger partial charge in [0.25, 0.3) is 0 Å². The van der Waals surface area contributed by atoms with Gasteiger partial charge in [-0.05, 0) is 13.8 Å². The second-order valence-corrected chi connectivity index (χ2v) is 3.99. The molecular formula is C5H12P+. The predicted octanol–water partition coefficient (Wildman–Crippen LogP) is 1.94. The minimum atomic E-state index is 0.299. The molecule has 0 aliphatic heterocycles. The molecule has 1 atom stereocenters. The molecule has 0 aromatic carbocycles. The standard InChI is InChI=1S/C5H12P/c1-4-6(3)5-2/h4H,5H2,1-3H3/q+1. The zero-order valence-electron chi connectivity index (χ0n) is 4.73. The van der Waals surface area contributed by atoms with Gasteiger partial charge in [0.2, 0.25) is 0 Å². The summed E-state index contributed by atoms with van der Waals surface area (Å²) in [6.45, 7) is 6.65. The van der Waals surface area contributed by atoms with Crippen molar-refractivity contribution in [3.63, 3.8) is 0 Å². The third-order valence-corrected chi connectivity index (χ3v) is 2.82. The lowest BCUT2D eigenvalue weighted by atomic mass is 11.0. The van der Waals surface area contributed by atoms with Crippen molar-refractivity contribution in [2.75, 3.05) is 12.8 Å². The lowest BCUT2D eigenvalue weighted by Gasteiger charge is -1.71. The van der Waals surface area contributed by atoms with Gasteiger partial charge in [-0.15, -0.1) is 0 Å². The summed E-state index contributed by atoms with van der Waals surface area (Å²) in [5.74, 6) is 2.29. The first-order valence-corrected chi connectivity index (χ1v) is 4.35. The lowest BCUT2D eigenvalue weighted by Crippen LogP contribution is -1.63. The molecule has 0 bridgehead atoms. The van der Waals surface area contributed by atoms with E-state index in [9.17, 15) is 0 Å². The highest BCUT2D eigenvalue weighted by Gasteiger charge is 1.87. The lowest BCUT2D eigenvalue weighted by molar-refractivity contribution is 1.51. The Bertz CT molecular complexity index is 55.0. The van der Waals surface area contributed by atoms with Crippen molar-refractivity contribution in [2.24, 2.45) is 0 Å². The van der Waals surface area contributed by atoms with Gasteiger partial charge in [0.1, 0.15) is 6.16 Å². The molecule has 0 spiro atoms. The van der Waals surface area contributed by atoms with Crippen molar-refractivity contribution >= 4 is 13.3 Å². The quantitative estimate of drug-likeness (QED) is 0.445. The molecule has 0 aromatic rings. The van der Waals surface area contributed by atoms with E-state index < -0.39 is 0 Å². The summed E-state index contributed by atoms with van der Waals surface area (Å²) in [5, 5.41) is 0. The Morgan fingerprint density at radius 2 is 2.17 bits per heavy atom. The van der Waals surface area contributed by atoms with Crippen molar-refractivity contribution in [2.45, 2.75) is 13.8 Å². The molecule has 0 aliphatic carbocycles. The molecule has 0 aliphatic rings. The van der Waals surface area contributed by atoms with Crippen molar-refractivity contribution in [3.05, 3.63) is 0 Å². The maximum Gasteiger partial charge on any atom is 0.103 e. The van der Waals surface area contributed by atoms with Crippen molar-refractivity contribution in [1.82, 2.24) is 0 Å². The van der Waals surface area contributed by atoms with Crippen LogP contribution in [-0.2, 0) is 0 Å². The molecule has 0 saturated carbocycles. The molecule has 0 rings (SSSR count). The van der Waals surface area contributed by atoms with E-state index in [1.807, 2.05) is 0 Å². The maximum atomic E-state index is 2.29. The van der Waals surface area contributed by atoms with Crippen LogP contribution in [0.4, 0.5) is 0 Å². The van der Waals surface area contributed by atoms with E-state index in [4.69, 9.17) is 0 Å². The minimum absolute atomic E-state index is 0.299. The maximum absolute atomic E-state index is 2.29. The van der Waals surface area contributed by atoms with Gasteiger partial charge in [-0.3, -0.25) is 0 Å². The molecule has 1 heteroatoms.